The van der Waals surface area contributed by atoms with Crippen LogP contribution in [-0.2, 0) is 0 Å². The van der Waals surface area contributed by atoms with Gasteiger partial charge in [0.05, 0.1) is 0 Å². The average molecular weight is 222 g/mol. The molecular formula is C4H9LiSe2. The molecule has 0 aliphatic rings. The third kappa shape index (κ3) is 7.64. The van der Waals surface area contributed by atoms with Gasteiger partial charge in [0.2, 0.25) is 0 Å². The van der Waals surface area contributed by atoms with E-state index in [1.165, 1.54) is 0 Å². The van der Waals surface area contributed by atoms with Gasteiger partial charge in [0.15, 0.2) is 0 Å². The Balaban J connectivity index is 0. The van der Waals surface area contributed by atoms with Crippen molar-refractivity contribution in [2.75, 3.05) is 0 Å². The first-order chi connectivity index (χ1) is 2.81. The first-order valence-electron chi connectivity index (χ1n) is 1.72. The molecule has 0 fully saturated rings. The van der Waals surface area contributed by atoms with Crippen molar-refractivity contribution < 1.29 is 18.9 Å². The molecule has 0 rings (SSSR count). The van der Waals surface area contributed by atoms with E-state index in [9.17, 15) is 0 Å². The molecular weight excluding hydrogens is 213 g/mol. The maximum atomic E-state index is 2.27. The van der Waals surface area contributed by atoms with E-state index in [1.54, 1.807) is 3.71 Å². The van der Waals surface area contributed by atoms with E-state index in [-0.39, 0.29) is 18.9 Å². The largest absolute Gasteiger partial charge is 1.00 e. The van der Waals surface area contributed by atoms with Gasteiger partial charge in [-0.25, -0.2) is 0 Å². The molecule has 0 aromatic heterocycles. The Morgan fingerprint density at radius 2 is 1.43 bits per heavy atom. The Kier molecular flexibility index (Phi) is 12.5. The molecule has 0 spiro atoms. The molecule has 0 N–H and O–H groups in total. The Labute approximate surface area is 70.7 Å². The van der Waals surface area contributed by atoms with Crippen LogP contribution in [0.3, 0.4) is 0 Å². The van der Waals surface area contributed by atoms with Crippen LogP contribution in [0.4, 0.5) is 0 Å². The van der Waals surface area contributed by atoms with E-state index in [0.29, 0.717) is 0 Å². The van der Waals surface area contributed by atoms with Gasteiger partial charge in [-0.2, -0.15) is 0 Å². The van der Waals surface area contributed by atoms with Gasteiger partial charge in [0, 0.05) is 0 Å². The molecule has 7 heavy (non-hydrogen) atoms. The van der Waals surface area contributed by atoms with Crippen LogP contribution in [0.15, 0.2) is 0 Å². The molecule has 0 aromatic carbocycles. The van der Waals surface area contributed by atoms with Crippen molar-refractivity contribution in [3.8, 4) is 0 Å². The van der Waals surface area contributed by atoms with E-state index >= 15 is 0 Å². The third-order valence-electron chi connectivity index (χ3n) is 0.575. The van der Waals surface area contributed by atoms with Gasteiger partial charge >= 0.3 is 71.1 Å². The summed E-state index contributed by atoms with van der Waals surface area (Å²) in [5.74, 6) is 4.54. The van der Waals surface area contributed by atoms with Crippen molar-refractivity contribution in [2.24, 2.45) is 0 Å². The summed E-state index contributed by atoms with van der Waals surface area (Å²) in [7, 11) is 0. The van der Waals surface area contributed by atoms with E-state index in [0.717, 1.165) is 29.9 Å². The van der Waals surface area contributed by atoms with Gasteiger partial charge in [-0.05, 0) is 0 Å². The van der Waals surface area contributed by atoms with Crippen LogP contribution in [0.25, 0.3) is 0 Å². The molecule has 38 valence electrons. The first kappa shape index (κ1) is 11.4. The van der Waals surface area contributed by atoms with Crippen LogP contribution in [-0.4, -0.2) is 29.9 Å². The number of hydrogen-bond acceptors (Lipinski definition) is 0. The minimum atomic E-state index is 0. The van der Waals surface area contributed by atoms with Crippen LogP contribution in [0.5, 0.6) is 0 Å². The Morgan fingerprint density at radius 1 is 1.14 bits per heavy atom. The Hall–Kier alpha value is 1.64. The molecule has 0 unspecified atom stereocenters. The standard InChI is InChI=1S/C4H9Se2.Li/c1-4(5-2)6-3;/h1-3H3;/q-1;+1. The smallest absolute Gasteiger partial charge is 1.00 e. The predicted molar refractivity (Wildman–Crippen MR) is 32.2 cm³/mol. The summed E-state index contributed by atoms with van der Waals surface area (Å²) in [4.78, 5) is 0. The molecule has 0 atom stereocenters. The first-order valence-corrected chi connectivity index (χ1v) is 6.86. The molecule has 0 aliphatic carbocycles. The minimum absolute atomic E-state index is 0. The van der Waals surface area contributed by atoms with Crippen molar-refractivity contribution in [2.45, 2.75) is 18.6 Å². The van der Waals surface area contributed by atoms with Crippen molar-refractivity contribution in [3.05, 3.63) is 3.71 Å². The van der Waals surface area contributed by atoms with Crippen LogP contribution < -0.4 is 18.9 Å². The van der Waals surface area contributed by atoms with Crippen LogP contribution in [0, 0.1) is 3.71 Å². The summed E-state index contributed by atoms with van der Waals surface area (Å²) in [6, 6.07) is 0. The molecule has 0 aromatic rings. The third-order valence-corrected chi connectivity index (χ3v) is 6.62. The van der Waals surface area contributed by atoms with Gasteiger partial charge < -0.3 is 0 Å². The van der Waals surface area contributed by atoms with E-state index in [1.807, 2.05) is 0 Å². The van der Waals surface area contributed by atoms with Crippen molar-refractivity contribution >= 4 is 29.9 Å². The fraction of sp³-hybridized carbons (Fsp3) is 0.750. The topological polar surface area (TPSA) is 0 Å². The van der Waals surface area contributed by atoms with Gasteiger partial charge in [-0.15, -0.1) is 0 Å². The molecule has 0 bridgehead atoms. The monoisotopic (exact) mass is 224 g/mol. The maximum Gasteiger partial charge on any atom is 1.00 e. The SMILES string of the molecule is C[Se][C-](C)[Se]C.[Li+]. The van der Waals surface area contributed by atoms with E-state index in [4.69, 9.17) is 0 Å². The van der Waals surface area contributed by atoms with Gasteiger partial charge in [-0.3, -0.25) is 0 Å². The zero-order chi connectivity index (χ0) is 4.99. The van der Waals surface area contributed by atoms with Crippen LogP contribution in [0.1, 0.15) is 6.92 Å². The second-order valence-electron chi connectivity index (χ2n) is 0.900. The zero-order valence-corrected chi connectivity index (χ0v) is 8.74. The maximum absolute atomic E-state index is 2.27. The predicted octanol–water partition coefficient (Wildman–Crippen LogP) is -2.00. The van der Waals surface area contributed by atoms with Crippen molar-refractivity contribution in [1.82, 2.24) is 0 Å². The summed E-state index contributed by atoms with van der Waals surface area (Å²) in [5, 5.41) is 0. The summed E-state index contributed by atoms with van der Waals surface area (Å²) < 4.78 is 1.72. The summed E-state index contributed by atoms with van der Waals surface area (Å²) >= 11 is 1.66. The average Bonchev–Trinajstić information content (AvgIpc) is 1.65. The fourth-order valence-electron chi connectivity index (χ4n) is 0.0833. The number of hydrogen-bond donors (Lipinski definition) is 0. The summed E-state index contributed by atoms with van der Waals surface area (Å²) in [6.45, 7) is 2.25. The normalized spacial score (nSPS) is 8.57. The molecule has 0 radical (unpaired) electrons. The number of rotatable bonds is 2. The van der Waals surface area contributed by atoms with E-state index in [2.05, 4.69) is 18.6 Å². The van der Waals surface area contributed by atoms with E-state index < -0.39 is 0 Å². The quantitative estimate of drug-likeness (QED) is 0.374. The van der Waals surface area contributed by atoms with Crippen molar-refractivity contribution in [3.63, 3.8) is 0 Å². The molecule has 0 amide bonds. The molecule has 0 saturated carbocycles. The van der Waals surface area contributed by atoms with Gasteiger partial charge in [0.25, 0.3) is 0 Å². The second kappa shape index (κ2) is 7.64. The Morgan fingerprint density at radius 3 is 1.43 bits per heavy atom. The molecule has 3 heteroatoms. The molecule has 0 aliphatic heterocycles. The summed E-state index contributed by atoms with van der Waals surface area (Å²) in [6.07, 6.45) is 0. The fourth-order valence-corrected chi connectivity index (χ4v) is 2.25. The second-order valence-corrected chi connectivity index (χ2v) is 6.49. The minimum Gasteiger partial charge on any atom is 1.00 e. The van der Waals surface area contributed by atoms with Gasteiger partial charge in [0.1, 0.15) is 0 Å². The zero-order valence-electron chi connectivity index (χ0n) is 5.32. The van der Waals surface area contributed by atoms with Crippen LogP contribution >= 0.6 is 0 Å². The molecule has 0 saturated heterocycles. The molecule has 0 nitrogen and oxygen atoms in total. The Bertz CT molecular complexity index is 28.9. The summed E-state index contributed by atoms with van der Waals surface area (Å²) in [5.41, 5.74) is 0. The van der Waals surface area contributed by atoms with Crippen molar-refractivity contribution in [1.29, 1.82) is 0 Å². The van der Waals surface area contributed by atoms with Crippen LogP contribution in [0.2, 0.25) is 11.6 Å². The van der Waals surface area contributed by atoms with Gasteiger partial charge in [-0.1, -0.05) is 0 Å². The molecule has 0 heterocycles.